The fourth-order valence-electron chi connectivity index (χ4n) is 1.18. The molecule has 1 fully saturated rings. The number of nitrogens with one attached hydrogen (secondary N) is 1. The van der Waals surface area contributed by atoms with Crippen molar-refractivity contribution in [3.63, 3.8) is 0 Å². The third-order valence-corrected chi connectivity index (χ3v) is 3.66. The number of amidine groups is 1. The Bertz CT molecular complexity index is 213. The van der Waals surface area contributed by atoms with Gasteiger partial charge in [0.05, 0.1) is 6.54 Å². The Hall–Kier alpha value is -0.220. The van der Waals surface area contributed by atoms with Gasteiger partial charge in [0, 0.05) is 17.8 Å². The number of rotatable bonds is 4. The molecular formula is C10H21N3S. The van der Waals surface area contributed by atoms with E-state index in [4.69, 9.17) is 0 Å². The quantitative estimate of drug-likeness (QED) is 0.768. The van der Waals surface area contributed by atoms with Crippen LogP contribution in [-0.2, 0) is 0 Å². The van der Waals surface area contributed by atoms with Gasteiger partial charge >= 0.3 is 0 Å². The van der Waals surface area contributed by atoms with Gasteiger partial charge in [-0.2, -0.15) is 0 Å². The highest BCUT2D eigenvalue weighted by molar-refractivity contribution is 8.14. The second-order valence-corrected chi connectivity index (χ2v) is 5.34. The van der Waals surface area contributed by atoms with E-state index in [9.17, 15) is 0 Å². The molecule has 0 atom stereocenters. The van der Waals surface area contributed by atoms with Crippen LogP contribution in [-0.4, -0.2) is 48.0 Å². The average Bonchev–Trinajstić information content (AvgIpc) is 2.45. The van der Waals surface area contributed by atoms with Gasteiger partial charge in [0.1, 0.15) is 0 Å². The lowest BCUT2D eigenvalue weighted by Crippen LogP contribution is -2.37. The van der Waals surface area contributed by atoms with E-state index in [0.29, 0.717) is 0 Å². The van der Waals surface area contributed by atoms with E-state index in [1.807, 2.05) is 11.8 Å². The molecule has 0 aromatic rings. The predicted octanol–water partition coefficient (Wildman–Crippen LogP) is 1.41. The van der Waals surface area contributed by atoms with Crippen LogP contribution in [0.5, 0.6) is 0 Å². The number of thioether (sulfide) groups is 1. The van der Waals surface area contributed by atoms with Crippen molar-refractivity contribution in [2.75, 3.05) is 32.4 Å². The predicted molar refractivity (Wildman–Crippen MR) is 65.1 cm³/mol. The minimum Gasteiger partial charge on any atom is -0.359 e. The van der Waals surface area contributed by atoms with E-state index < -0.39 is 0 Å². The molecule has 0 aliphatic carbocycles. The summed E-state index contributed by atoms with van der Waals surface area (Å²) < 4.78 is 0. The summed E-state index contributed by atoms with van der Waals surface area (Å²) in [5, 5.41) is 4.53. The molecule has 3 nitrogen and oxygen atoms in total. The number of hydrogen-bond acceptors (Lipinski definition) is 3. The van der Waals surface area contributed by atoms with E-state index in [2.05, 4.69) is 43.0 Å². The summed E-state index contributed by atoms with van der Waals surface area (Å²) in [6.07, 6.45) is 0. The van der Waals surface area contributed by atoms with Gasteiger partial charge in [-0.3, -0.25) is 4.99 Å². The Morgan fingerprint density at radius 3 is 2.79 bits per heavy atom. The molecular weight excluding hydrogens is 194 g/mol. The molecule has 0 radical (unpaired) electrons. The Morgan fingerprint density at radius 1 is 1.57 bits per heavy atom. The monoisotopic (exact) mass is 215 g/mol. The van der Waals surface area contributed by atoms with Gasteiger partial charge in [-0.05, 0) is 27.4 Å². The van der Waals surface area contributed by atoms with E-state index in [1.54, 1.807) is 0 Å². The standard InChI is InChI=1S/C10H21N3S/c1-5-13(4)7-6-11-9-12-10(2,3)8-14-9/h5-8H2,1-4H3,(H,11,12). The molecule has 1 rings (SSSR count). The summed E-state index contributed by atoms with van der Waals surface area (Å²) in [6, 6.07) is 0. The summed E-state index contributed by atoms with van der Waals surface area (Å²) in [5.74, 6) is 1.12. The summed E-state index contributed by atoms with van der Waals surface area (Å²) in [4.78, 5) is 6.81. The molecule has 1 aliphatic heterocycles. The highest BCUT2D eigenvalue weighted by atomic mass is 32.2. The summed E-state index contributed by atoms with van der Waals surface area (Å²) in [5.41, 5.74) is 0.222. The molecule has 0 unspecified atom stereocenters. The first-order valence-corrected chi connectivity index (χ1v) is 6.16. The van der Waals surface area contributed by atoms with Crippen molar-refractivity contribution in [2.24, 2.45) is 4.99 Å². The molecule has 14 heavy (non-hydrogen) atoms. The first kappa shape index (κ1) is 11.9. The van der Waals surface area contributed by atoms with E-state index >= 15 is 0 Å². The largest absolute Gasteiger partial charge is 0.359 e. The van der Waals surface area contributed by atoms with Crippen molar-refractivity contribution in [2.45, 2.75) is 26.3 Å². The van der Waals surface area contributed by atoms with Crippen LogP contribution in [0.25, 0.3) is 0 Å². The Kier molecular flexibility index (Phi) is 4.26. The first-order chi connectivity index (χ1) is 6.53. The lowest BCUT2D eigenvalue weighted by molar-refractivity contribution is 0.363. The maximum Gasteiger partial charge on any atom is 0.157 e. The van der Waals surface area contributed by atoms with Crippen molar-refractivity contribution >= 4 is 16.9 Å². The molecule has 0 saturated carbocycles. The lowest BCUT2D eigenvalue weighted by atomic mass is 10.1. The highest BCUT2D eigenvalue weighted by Crippen LogP contribution is 2.21. The molecule has 0 bridgehead atoms. The topological polar surface area (TPSA) is 27.6 Å². The van der Waals surface area contributed by atoms with Gasteiger partial charge in [0.2, 0.25) is 0 Å². The molecule has 1 heterocycles. The van der Waals surface area contributed by atoms with Crippen LogP contribution >= 0.6 is 11.8 Å². The Labute approximate surface area is 91.3 Å². The minimum atomic E-state index is 0.222. The van der Waals surface area contributed by atoms with Gasteiger partial charge in [0.25, 0.3) is 0 Å². The van der Waals surface area contributed by atoms with Crippen LogP contribution in [0.3, 0.4) is 0 Å². The van der Waals surface area contributed by atoms with Crippen molar-refractivity contribution in [1.29, 1.82) is 0 Å². The number of aliphatic imine (C=N–C) groups is 1. The smallest absolute Gasteiger partial charge is 0.157 e. The van der Waals surface area contributed by atoms with Crippen LogP contribution in [0, 0.1) is 0 Å². The third-order valence-electron chi connectivity index (χ3n) is 2.29. The van der Waals surface area contributed by atoms with E-state index in [-0.39, 0.29) is 5.54 Å². The molecule has 82 valence electrons. The van der Waals surface area contributed by atoms with Gasteiger partial charge in [-0.1, -0.05) is 18.7 Å². The molecule has 1 N–H and O–H groups in total. The van der Waals surface area contributed by atoms with Crippen molar-refractivity contribution in [1.82, 2.24) is 10.2 Å². The van der Waals surface area contributed by atoms with Gasteiger partial charge in [-0.15, -0.1) is 0 Å². The van der Waals surface area contributed by atoms with Gasteiger partial charge in [0.15, 0.2) is 5.17 Å². The minimum absolute atomic E-state index is 0.222. The summed E-state index contributed by atoms with van der Waals surface area (Å²) in [6.45, 7) is 9.62. The van der Waals surface area contributed by atoms with Crippen LogP contribution in [0.4, 0.5) is 0 Å². The van der Waals surface area contributed by atoms with Crippen LogP contribution < -0.4 is 5.32 Å². The zero-order valence-corrected chi connectivity index (χ0v) is 10.4. The van der Waals surface area contributed by atoms with Crippen molar-refractivity contribution in [3.05, 3.63) is 0 Å². The van der Waals surface area contributed by atoms with E-state index in [1.165, 1.54) is 0 Å². The molecule has 1 saturated heterocycles. The SMILES string of the molecule is CCN(C)CCN=C1NC(C)(C)CS1. The molecule has 1 aliphatic rings. The molecule has 0 aromatic carbocycles. The second-order valence-electron chi connectivity index (χ2n) is 4.38. The number of nitrogens with zero attached hydrogens (tertiary/aromatic N) is 2. The fourth-order valence-corrected chi connectivity index (χ4v) is 2.28. The summed E-state index contributed by atoms with van der Waals surface area (Å²) in [7, 11) is 2.12. The molecule has 0 amide bonds. The van der Waals surface area contributed by atoms with Crippen molar-refractivity contribution < 1.29 is 0 Å². The third kappa shape index (κ3) is 3.88. The van der Waals surface area contributed by atoms with Gasteiger partial charge < -0.3 is 10.2 Å². The van der Waals surface area contributed by atoms with Crippen molar-refractivity contribution in [3.8, 4) is 0 Å². The van der Waals surface area contributed by atoms with Crippen LogP contribution in [0.1, 0.15) is 20.8 Å². The first-order valence-electron chi connectivity index (χ1n) is 5.17. The highest BCUT2D eigenvalue weighted by Gasteiger charge is 2.26. The number of likely N-dealkylation sites (N-methyl/N-ethyl adjacent to an activating group) is 1. The average molecular weight is 215 g/mol. The molecule has 4 heteroatoms. The Balaban J connectivity index is 2.26. The molecule has 0 spiro atoms. The zero-order chi connectivity index (χ0) is 10.6. The maximum absolute atomic E-state index is 4.53. The van der Waals surface area contributed by atoms with Gasteiger partial charge in [-0.25, -0.2) is 0 Å². The maximum atomic E-state index is 4.53. The summed E-state index contributed by atoms with van der Waals surface area (Å²) >= 11 is 1.83. The Morgan fingerprint density at radius 2 is 2.29 bits per heavy atom. The van der Waals surface area contributed by atoms with Crippen LogP contribution in [0.2, 0.25) is 0 Å². The second kappa shape index (κ2) is 5.03. The van der Waals surface area contributed by atoms with Crippen LogP contribution in [0.15, 0.2) is 4.99 Å². The number of hydrogen-bond donors (Lipinski definition) is 1. The van der Waals surface area contributed by atoms with E-state index in [0.717, 1.165) is 30.6 Å². The molecule has 0 aromatic heterocycles. The zero-order valence-electron chi connectivity index (χ0n) is 9.63. The normalized spacial score (nSPS) is 23.1. The lowest BCUT2D eigenvalue weighted by Gasteiger charge is -2.16. The fraction of sp³-hybridized carbons (Fsp3) is 0.900.